The summed E-state index contributed by atoms with van der Waals surface area (Å²) in [5.41, 5.74) is 2.65. The number of ether oxygens (including phenoxy) is 1. The second-order valence-electron chi connectivity index (χ2n) is 7.40. The monoisotopic (exact) mass is 460 g/mol. The summed E-state index contributed by atoms with van der Waals surface area (Å²) in [6.45, 7) is 0. The van der Waals surface area contributed by atoms with Crippen molar-refractivity contribution >= 4 is 46.0 Å². The molecule has 1 aromatic heterocycles. The number of imide groups is 1. The first kappa shape index (κ1) is 23.3. The van der Waals surface area contributed by atoms with E-state index in [9.17, 15) is 14.4 Å². The number of alkyl carbamates (subject to hydrolysis) is 1. The first-order valence-electron chi connectivity index (χ1n) is 10.5. The highest BCUT2D eigenvalue weighted by molar-refractivity contribution is 7.98. The molecule has 166 valence electrons. The number of fused-ring (bicyclic) bond motifs is 1. The molecule has 1 aliphatic rings. The highest BCUT2D eigenvalue weighted by atomic mass is 32.2. The Labute approximate surface area is 191 Å². The Hall–Kier alpha value is -2.32. The lowest BCUT2D eigenvalue weighted by Crippen LogP contribution is -2.31. The SMILES string of the molecule is COC(=O)NC(=O)c1c(NC(=O)CCCSCc2ccccc2)sc2c1CCCCC2. The molecule has 0 saturated heterocycles. The van der Waals surface area contributed by atoms with Gasteiger partial charge in [-0.3, -0.25) is 14.9 Å². The predicted octanol–water partition coefficient (Wildman–Crippen LogP) is 5.17. The topological polar surface area (TPSA) is 84.5 Å². The van der Waals surface area contributed by atoms with Crippen LogP contribution < -0.4 is 10.6 Å². The third kappa shape index (κ3) is 6.83. The number of anilines is 1. The highest BCUT2D eigenvalue weighted by Gasteiger charge is 2.26. The Balaban J connectivity index is 1.58. The number of methoxy groups -OCH3 is 1. The summed E-state index contributed by atoms with van der Waals surface area (Å²) in [4.78, 5) is 38.0. The Morgan fingerprint density at radius 2 is 1.87 bits per heavy atom. The quantitative estimate of drug-likeness (QED) is 0.420. The van der Waals surface area contributed by atoms with Crippen LogP contribution >= 0.6 is 23.1 Å². The molecular weight excluding hydrogens is 432 g/mol. The van der Waals surface area contributed by atoms with E-state index in [0.29, 0.717) is 17.0 Å². The van der Waals surface area contributed by atoms with Crippen LogP contribution in [0.15, 0.2) is 30.3 Å². The number of rotatable bonds is 8. The van der Waals surface area contributed by atoms with Crippen molar-refractivity contribution in [3.05, 3.63) is 51.9 Å². The number of thioether (sulfide) groups is 1. The minimum atomic E-state index is -0.800. The standard InChI is InChI=1S/C23H28N2O4S2/c1-29-23(28)25-21(27)20-17-11-6-3-7-12-18(17)31-22(20)24-19(26)13-8-14-30-15-16-9-4-2-5-10-16/h2,4-5,9-10H,3,6-8,11-15H2,1H3,(H,24,26)(H,25,27,28). The zero-order valence-electron chi connectivity index (χ0n) is 17.7. The zero-order valence-corrected chi connectivity index (χ0v) is 19.3. The summed E-state index contributed by atoms with van der Waals surface area (Å²) < 4.78 is 4.56. The molecule has 3 rings (SSSR count). The van der Waals surface area contributed by atoms with Crippen LogP contribution in [-0.2, 0) is 28.1 Å². The fourth-order valence-electron chi connectivity index (χ4n) is 3.57. The molecule has 0 saturated carbocycles. The van der Waals surface area contributed by atoms with Gasteiger partial charge in [-0.25, -0.2) is 4.79 Å². The van der Waals surface area contributed by atoms with Crippen LogP contribution in [0.2, 0.25) is 0 Å². The van der Waals surface area contributed by atoms with Crippen molar-refractivity contribution in [3.63, 3.8) is 0 Å². The number of carbonyl (C=O) groups excluding carboxylic acids is 3. The van der Waals surface area contributed by atoms with Crippen LogP contribution in [0, 0.1) is 0 Å². The number of nitrogens with one attached hydrogen (secondary N) is 2. The van der Waals surface area contributed by atoms with Crippen molar-refractivity contribution < 1.29 is 19.1 Å². The normalized spacial score (nSPS) is 13.1. The maximum absolute atomic E-state index is 12.7. The number of aryl methyl sites for hydroxylation is 1. The molecule has 0 fully saturated rings. The molecule has 0 atom stereocenters. The molecule has 1 aliphatic carbocycles. The molecular formula is C23H28N2O4S2. The molecule has 0 aliphatic heterocycles. The van der Waals surface area contributed by atoms with E-state index in [-0.39, 0.29) is 5.91 Å². The molecule has 0 spiro atoms. The van der Waals surface area contributed by atoms with Crippen LogP contribution in [-0.4, -0.2) is 30.8 Å². The Bertz CT molecular complexity index is 912. The van der Waals surface area contributed by atoms with Crippen molar-refractivity contribution in [3.8, 4) is 0 Å². The summed E-state index contributed by atoms with van der Waals surface area (Å²) in [5, 5.41) is 5.71. The summed E-state index contributed by atoms with van der Waals surface area (Å²) in [6.07, 6.45) is 5.20. The van der Waals surface area contributed by atoms with Gasteiger partial charge < -0.3 is 10.1 Å². The molecule has 1 aromatic carbocycles. The number of benzene rings is 1. The van der Waals surface area contributed by atoms with Crippen molar-refractivity contribution in [2.24, 2.45) is 0 Å². The Morgan fingerprint density at radius 3 is 2.65 bits per heavy atom. The predicted molar refractivity (Wildman–Crippen MR) is 126 cm³/mol. The van der Waals surface area contributed by atoms with Crippen LogP contribution in [0.25, 0.3) is 0 Å². The number of thiophene rings is 1. The average molecular weight is 461 g/mol. The lowest BCUT2D eigenvalue weighted by Gasteiger charge is -2.09. The highest BCUT2D eigenvalue weighted by Crippen LogP contribution is 2.37. The van der Waals surface area contributed by atoms with E-state index < -0.39 is 12.0 Å². The molecule has 0 unspecified atom stereocenters. The zero-order chi connectivity index (χ0) is 22.1. The van der Waals surface area contributed by atoms with Gasteiger partial charge in [0.1, 0.15) is 5.00 Å². The van der Waals surface area contributed by atoms with Gasteiger partial charge >= 0.3 is 6.09 Å². The van der Waals surface area contributed by atoms with E-state index >= 15 is 0 Å². The summed E-state index contributed by atoms with van der Waals surface area (Å²) in [6, 6.07) is 10.3. The van der Waals surface area contributed by atoms with Crippen molar-refractivity contribution in [2.75, 3.05) is 18.2 Å². The van der Waals surface area contributed by atoms with E-state index in [0.717, 1.165) is 60.5 Å². The van der Waals surface area contributed by atoms with Gasteiger partial charge in [0, 0.05) is 17.1 Å². The second-order valence-corrected chi connectivity index (χ2v) is 9.61. The third-order valence-corrected chi connectivity index (χ3v) is 7.43. The third-order valence-electron chi connectivity index (χ3n) is 5.11. The van der Waals surface area contributed by atoms with Crippen LogP contribution in [0.3, 0.4) is 0 Å². The first-order valence-corrected chi connectivity index (χ1v) is 12.5. The second kappa shape index (κ2) is 11.9. The average Bonchev–Trinajstić information content (AvgIpc) is 2.94. The molecule has 31 heavy (non-hydrogen) atoms. The lowest BCUT2D eigenvalue weighted by atomic mass is 10.0. The molecule has 2 aromatic rings. The number of hydrogen-bond acceptors (Lipinski definition) is 6. The van der Waals surface area contributed by atoms with Gasteiger partial charge in [0.2, 0.25) is 5.91 Å². The first-order chi connectivity index (χ1) is 15.1. The minimum absolute atomic E-state index is 0.108. The van der Waals surface area contributed by atoms with E-state index in [2.05, 4.69) is 27.5 Å². The molecule has 0 bridgehead atoms. The Kier molecular flexibility index (Phi) is 8.97. The molecule has 6 nitrogen and oxygen atoms in total. The number of amides is 3. The van der Waals surface area contributed by atoms with E-state index in [1.807, 2.05) is 18.2 Å². The van der Waals surface area contributed by atoms with Gasteiger partial charge in [0.05, 0.1) is 12.7 Å². The van der Waals surface area contributed by atoms with Crippen molar-refractivity contribution in [1.82, 2.24) is 5.32 Å². The summed E-state index contributed by atoms with van der Waals surface area (Å²) >= 11 is 3.26. The van der Waals surface area contributed by atoms with Crippen LogP contribution in [0.1, 0.15) is 58.5 Å². The van der Waals surface area contributed by atoms with Crippen molar-refractivity contribution in [2.45, 2.75) is 50.7 Å². The molecule has 1 heterocycles. The van der Waals surface area contributed by atoms with E-state index in [4.69, 9.17) is 0 Å². The fraction of sp³-hybridized carbons (Fsp3) is 0.435. The largest absolute Gasteiger partial charge is 0.453 e. The molecule has 3 amide bonds. The van der Waals surface area contributed by atoms with Crippen LogP contribution in [0.4, 0.5) is 9.80 Å². The summed E-state index contributed by atoms with van der Waals surface area (Å²) in [7, 11) is 1.22. The molecule has 8 heteroatoms. The lowest BCUT2D eigenvalue weighted by molar-refractivity contribution is -0.116. The smallest absolute Gasteiger partial charge is 0.413 e. The fourth-order valence-corrected chi connectivity index (χ4v) is 5.79. The van der Waals surface area contributed by atoms with Gasteiger partial charge in [-0.1, -0.05) is 36.8 Å². The van der Waals surface area contributed by atoms with E-state index in [1.54, 1.807) is 11.8 Å². The number of hydrogen-bond donors (Lipinski definition) is 2. The maximum atomic E-state index is 12.7. The number of carbonyl (C=O) groups is 3. The van der Waals surface area contributed by atoms with Crippen LogP contribution in [0.5, 0.6) is 0 Å². The van der Waals surface area contributed by atoms with Gasteiger partial charge in [0.25, 0.3) is 5.91 Å². The minimum Gasteiger partial charge on any atom is -0.453 e. The van der Waals surface area contributed by atoms with Gasteiger partial charge in [-0.2, -0.15) is 11.8 Å². The van der Waals surface area contributed by atoms with Crippen molar-refractivity contribution in [1.29, 1.82) is 0 Å². The molecule has 0 radical (unpaired) electrons. The van der Waals surface area contributed by atoms with Gasteiger partial charge in [-0.15, -0.1) is 11.3 Å². The van der Waals surface area contributed by atoms with E-state index in [1.165, 1.54) is 24.0 Å². The Morgan fingerprint density at radius 1 is 1.10 bits per heavy atom. The maximum Gasteiger partial charge on any atom is 0.413 e. The van der Waals surface area contributed by atoms with Gasteiger partial charge in [0.15, 0.2) is 0 Å². The molecule has 2 N–H and O–H groups in total. The van der Waals surface area contributed by atoms with Gasteiger partial charge in [-0.05, 0) is 49.0 Å². The summed E-state index contributed by atoms with van der Waals surface area (Å²) in [5.74, 6) is 1.19.